The van der Waals surface area contributed by atoms with Crippen LogP contribution in [-0.4, -0.2) is 19.0 Å². The van der Waals surface area contributed by atoms with Crippen molar-refractivity contribution >= 4 is 5.91 Å². The zero-order valence-corrected chi connectivity index (χ0v) is 16.2. The fourth-order valence-electron chi connectivity index (χ4n) is 4.18. The Bertz CT molecular complexity index is 764. The summed E-state index contributed by atoms with van der Waals surface area (Å²) in [4.78, 5) is 12.7. The fourth-order valence-corrected chi connectivity index (χ4v) is 4.18. The van der Waals surface area contributed by atoms with Crippen LogP contribution in [0.25, 0.3) is 11.1 Å². The fraction of sp³-hybridized carbons (Fsp3) is 0.375. The summed E-state index contributed by atoms with van der Waals surface area (Å²) < 4.78 is 0. The first-order chi connectivity index (χ1) is 13.2. The van der Waals surface area contributed by atoms with E-state index in [2.05, 4.69) is 48.7 Å². The van der Waals surface area contributed by atoms with Gasteiger partial charge in [-0.25, -0.2) is 0 Å². The van der Waals surface area contributed by atoms with Gasteiger partial charge in [0.25, 0.3) is 0 Å². The number of fused-ring (bicyclic) bond motifs is 3. The third-order valence-electron chi connectivity index (χ3n) is 5.52. The number of allylic oxidation sites excluding steroid dienone is 1. The molecule has 142 valence electrons. The van der Waals surface area contributed by atoms with Crippen molar-refractivity contribution in [2.24, 2.45) is 5.73 Å². The standard InChI is InChI=1S/C24H30N2O/c1-2-3-4-10-17-26-18-11-9-16-24(23(25)27)21-14-7-5-12-19(21)20-13-6-8-15-22(20)24/h4-8,10,12-15,26H,2-3,9,11,16-18H2,1H3,(H2,25,27). The van der Waals surface area contributed by atoms with Crippen LogP contribution >= 0.6 is 0 Å². The van der Waals surface area contributed by atoms with E-state index in [9.17, 15) is 4.79 Å². The Hall–Kier alpha value is -2.39. The molecular weight excluding hydrogens is 332 g/mol. The van der Waals surface area contributed by atoms with E-state index in [0.717, 1.165) is 61.0 Å². The molecule has 1 aliphatic carbocycles. The average Bonchev–Trinajstić information content (AvgIpc) is 2.98. The minimum atomic E-state index is -0.700. The molecule has 27 heavy (non-hydrogen) atoms. The predicted molar refractivity (Wildman–Crippen MR) is 113 cm³/mol. The van der Waals surface area contributed by atoms with Crippen molar-refractivity contribution < 1.29 is 4.79 Å². The van der Waals surface area contributed by atoms with Crippen LogP contribution in [0.2, 0.25) is 0 Å². The minimum Gasteiger partial charge on any atom is -0.369 e. The van der Waals surface area contributed by atoms with Gasteiger partial charge in [-0.15, -0.1) is 0 Å². The van der Waals surface area contributed by atoms with Crippen molar-refractivity contribution in [1.82, 2.24) is 5.32 Å². The summed E-state index contributed by atoms with van der Waals surface area (Å²) in [5.41, 5.74) is 9.72. The van der Waals surface area contributed by atoms with Crippen molar-refractivity contribution in [3.63, 3.8) is 0 Å². The number of nitrogens with two attached hydrogens (primary N) is 1. The first-order valence-corrected chi connectivity index (χ1v) is 10.1. The lowest BCUT2D eigenvalue weighted by molar-refractivity contribution is -0.122. The summed E-state index contributed by atoms with van der Waals surface area (Å²) in [6.45, 7) is 4.05. The second kappa shape index (κ2) is 9.01. The lowest BCUT2D eigenvalue weighted by atomic mass is 9.73. The molecule has 3 rings (SSSR count). The van der Waals surface area contributed by atoms with Gasteiger partial charge in [-0.05, 0) is 48.1 Å². The van der Waals surface area contributed by atoms with Gasteiger partial charge >= 0.3 is 0 Å². The lowest BCUT2D eigenvalue weighted by Crippen LogP contribution is -2.40. The van der Waals surface area contributed by atoms with Gasteiger partial charge in [0.1, 0.15) is 0 Å². The Morgan fingerprint density at radius 2 is 1.63 bits per heavy atom. The van der Waals surface area contributed by atoms with Gasteiger partial charge in [-0.1, -0.05) is 80.4 Å². The maximum absolute atomic E-state index is 12.7. The molecule has 1 amide bonds. The summed E-state index contributed by atoms with van der Waals surface area (Å²) in [6, 6.07) is 16.4. The Balaban J connectivity index is 1.69. The second-order valence-electron chi connectivity index (χ2n) is 7.28. The van der Waals surface area contributed by atoms with Crippen molar-refractivity contribution in [2.75, 3.05) is 13.1 Å². The van der Waals surface area contributed by atoms with Crippen LogP contribution in [0, 0.1) is 0 Å². The van der Waals surface area contributed by atoms with Gasteiger partial charge in [-0.2, -0.15) is 0 Å². The molecule has 1 aliphatic rings. The first kappa shape index (κ1) is 19.4. The van der Waals surface area contributed by atoms with Crippen molar-refractivity contribution in [2.45, 2.75) is 44.4 Å². The Labute approximate surface area is 162 Å². The highest BCUT2D eigenvalue weighted by molar-refractivity contribution is 5.99. The number of hydrogen-bond donors (Lipinski definition) is 2. The molecule has 0 saturated carbocycles. The Morgan fingerprint density at radius 3 is 2.22 bits per heavy atom. The summed E-state index contributed by atoms with van der Waals surface area (Å²) in [6.07, 6.45) is 9.48. The second-order valence-corrected chi connectivity index (χ2v) is 7.28. The maximum Gasteiger partial charge on any atom is 0.232 e. The molecular formula is C24H30N2O. The number of hydrogen-bond acceptors (Lipinski definition) is 2. The number of rotatable bonds is 10. The lowest BCUT2D eigenvalue weighted by Gasteiger charge is -2.28. The largest absolute Gasteiger partial charge is 0.369 e. The average molecular weight is 363 g/mol. The van der Waals surface area contributed by atoms with Crippen molar-refractivity contribution in [1.29, 1.82) is 0 Å². The zero-order valence-electron chi connectivity index (χ0n) is 16.2. The number of carbonyl (C=O) groups is 1. The molecule has 0 spiro atoms. The van der Waals surface area contributed by atoms with E-state index >= 15 is 0 Å². The number of primary amides is 1. The predicted octanol–water partition coefficient (Wildman–Crippen LogP) is 4.55. The minimum absolute atomic E-state index is 0.240. The van der Waals surface area contributed by atoms with Crippen LogP contribution in [0.3, 0.4) is 0 Å². The van der Waals surface area contributed by atoms with Crippen LogP contribution in [0.5, 0.6) is 0 Å². The van der Waals surface area contributed by atoms with E-state index < -0.39 is 5.41 Å². The van der Waals surface area contributed by atoms with Gasteiger partial charge in [0.15, 0.2) is 0 Å². The SMILES string of the molecule is CCCC=CCNCCCCC1(C(N)=O)c2ccccc2-c2ccccc21. The molecule has 0 heterocycles. The molecule has 2 aromatic rings. The van der Waals surface area contributed by atoms with Crippen LogP contribution in [0.4, 0.5) is 0 Å². The highest BCUT2D eigenvalue weighted by Crippen LogP contribution is 2.51. The van der Waals surface area contributed by atoms with Gasteiger partial charge < -0.3 is 11.1 Å². The third-order valence-corrected chi connectivity index (χ3v) is 5.52. The van der Waals surface area contributed by atoms with E-state index in [-0.39, 0.29) is 5.91 Å². The topological polar surface area (TPSA) is 55.1 Å². The molecule has 0 aliphatic heterocycles. The van der Waals surface area contributed by atoms with E-state index in [1.807, 2.05) is 24.3 Å². The Morgan fingerprint density at radius 1 is 1.00 bits per heavy atom. The number of carbonyl (C=O) groups excluding carboxylic acids is 1. The number of unbranched alkanes of at least 4 members (excludes halogenated alkanes) is 2. The molecule has 0 bridgehead atoms. The normalized spacial score (nSPS) is 14.3. The zero-order chi connectivity index (χ0) is 19.1. The van der Waals surface area contributed by atoms with Crippen LogP contribution in [0.1, 0.15) is 50.2 Å². The molecule has 0 atom stereocenters. The summed E-state index contributed by atoms with van der Waals surface area (Å²) in [7, 11) is 0. The summed E-state index contributed by atoms with van der Waals surface area (Å²) >= 11 is 0. The third kappa shape index (κ3) is 3.84. The van der Waals surface area contributed by atoms with E-state index in [4.69, 9.17) is 5.73 Å². The number of benzene rings is 2. The monoisotopic (exact) mass is 362 g/mol. The molecule has 2 aromatic carbocycles. The van der Waals surface area contributed by atoms with Gasteiger partial charge in [0.2, 0.25) is 5.91 Å². The van der Waals surface area contributed by atoms with Gasteiger partial charge in [-0.3, -0.25) is 4.79 Å². The summed E-state index contributed by atoms with van der Waals surface area (Å²) in [5, 5.41) is 3.45. The van der Waals surface area contributed by atoms with Crippen LogP contribution < -0.4 is 11.1 Å². The molecule has 0 radical (unpaired) electrons. The molecule has 0 aromatic heterocycles. The molecule has 3 nitrogen and oxygen atoms in total. The summed E-state index contributed by atoms with van der Waals surface area (Å²) in [5.74, 6) is -0.240. The van der Waals surface area contributed by atoms with Gasteiger partial charge in [0, 0.05) is 6.54 Å². The van der Waals surface area contributed by atoms with E-state index in [1.54, 1.807) is 0 Å². The maximum atomic E-state index is 12.7. The van der Waals surface area contributed by atoms with Crippen LogP contribution in [0.15, 0.2) is 60.7 Å². The molecule has 0 saturated heterocycles. The first-order valence-electron chi connectivity index (χ1n) is 10.1. The molecule has 0 fully saturated rings. The van der Waals surface area contributed by atoms with Gasteiger partial charge in [0.05, 0.1) is 5.41 Å². The highest BCUT2D eigenvalue weighted by Gasteiger charge is 2.47. The number of amides is 1. The van der Waals surface area contributed by atoms with E-state index in [1.165, 1.54) is 6.42 Å². The quantitative estimate of drug-likeness (QED) is 0.481. The molecule has 3 N–H and O–H groups in total. The van der Waals surface area contributed by atoms with Crippen molar-refractivity contribution in [3.8, 4) is 11.1 Å². The van der Waals surface area contributed by atoms with Crippen molar-refractivity contribution in [3.05, 3.63) is 71.8 Å². The van der Waals surface area contributed by atoms with E-state index in [0.29, 0.717) is 0 Å². The Kier molecular flexibility index (Phi) is 6.46. The smallest absolute Gasteiger partial charge is 0.232 e. The molecule has 3 heteroatoms. The highest BCUT2D eigenvalue weighted by atomic mass is 16.1. The molecule has 0 unspecified atom stereocenters. The number of nitrogens with one attached hydrogen (secondary N) is 1. The van der Waals surface area contributed by atoms with Crippen LogP contribution in [-0.2, 0) is 10.2 Å².